The van der Waals surface area contributed by atoms with Gasteiger partial charge in [0, 0.05) is 5.69 Å². The summed E-state index contributed by atoms with van der Waals surface area (Å²) in [6, 6.07) is 14.6. The number of anilines is 1. The van der Waals surface area contributed by atoms with Crippen LogP contribution in [0.25, 0.3) is 0 Å². The normalized spacial score (nSPS) is 12.6. The Morgan fingerprint density at radius 2 is 1.58 bits per heavy atom. The summed E-state index contributed by atoms with van der Waals surface area (Å²) in [7, 11) is -3.56. The van der Waals surface area contributed by atoms with Gasteiger partial charge in [0.2, 0.25) is 15.9 Å². The highest BCUT2D eigenvalue weighted by Crippen LogP contribution is 2.19. The molecular weight excluding hydrogens is 324 g/mol. The molecule has 0 fully saturated rings. The van der Waals surface area contributed by atoms with Crippen LogP contribution < -0.4 is 10.5 Å². The third-order valence-electron chi connectivity index (χ3n) is 3.87. The van der Waals surface area contributed by atoms with Crippen molar-refractivity contribution in [2.45, 2.75) is 31.9 Å². The summed E-state index contributed by atoms with van der Waals surface area (Å²) in [4.78, 5) is 12.4. The van der Waals surface area contributed by atoms with Gasteiger partial charge >= 0.3 is 0 Å². The summed E-state index contributed by atoms with van der Waals surface area (Å²) < 4.78 is 22.1. The van der Waals surface area contributed by atoms with Crippen LogP contribution in [0, 0.1) is 0 Å². The minimum Gasteiger partial charge on any atom is -0.326 e. The fourth-order valence-electron chi connectivity index (χ4n) is 2.36. The van der Waals surface area contributed by atoms with E-state index in [1.807, 2.05) is 31.2 Å². The van der Waals surface area contributed by atoms with Gasteiger partial charge in [0.25, 0.3) is 0 Å². The molecule has 0 bridgehead atoms. The molecule has 1 amide bonds. The molecule has 0 spiro atoms. The largest absolute Gasteiger partial charge is 0.326 e. The van der Waals surface area contributed by atoms with Crippen molar-refractivity contribution in [1.29, 1.82) is 0 Å². The molecule has 0 saturated heterocycles. The predicted molar refractivity (Wildman–Crippen MR) is 96.1 cm³/mol. The maximum absolute atomic E-state index is 12.4. The summed E-state index contributed by atoms with van der Waals surface area (Å²) in [5, 5.41) is 7.85. The Morgan fingerprint density at radius 1 is 1.04 bits per heavy atom. The highest BCUT2D eigenvalue weighted by molar-refractivity contribution is 7.88. The van der Waals surface area contributed by atoms with E-state index in [4.69, 9.17) is 5.14 Å². The number of benzene rings is 2. The lowest BCUT2D eigenvalue weighted by atomic mass is 9.98. The predicted octanol–water partition coefficient (Wildman–Crippen LogP) is 2.78. The van der Waals surface area contributed by atoms with Crippen molar-refractivity contribution in [2.24, 2.45) is 5.14 Å². The Balaban J connectivity index is 2.02. The number of rotatable bonds is 6. The SMILES string of the molecule is CCc1ccc(C(C)C(=O)Nc2ccc(CS(N)(=O)=O)cc2)cc1. The summed E-state index contributed by atoms with van der Waals surface area (Å²) in [5.41, 5.74) is 3.39. The average molecular weight is 346 g/mol. The van der Waals surface area contributed by atoms with Crippen molar-refractivity contribution in [3.63, 3.8) is 0 Å². The van der Waals surface area contributed by atoms with Crippen LogP contribution in [-0.2, 0) is 27.0 Å². The molecule has 6 heteroatoms. The van der Waals surface area contributed by atoms with Gasteiger partial charge in [-0.25, -0.2) is 13.6 Å². The van der Waals surface area contributed by atoms with E-state index in [0.717, 1.165) is 12.0 Å². The van der Waals surface area contributed by atoms with Gasteiger partial charge in [-0.1, -0.05) is 43.3 Å². The van der Waals surface area contributed by atoms with E-state index in [1.54, 1.807) is 24.3 Å². The molecule has 1 atom stereocenters. The smallest absolute Gasteiger partial charge is 0.231 e. The Morgan fingerprint density at radius 3 is 2.08 bits per heavy atom. The molecule has 5 nitrogen and oxygen atoms in total. The van der Waals surface area contributed by atoms with Gasteiger partial charge in [0.05, 0.1) is 11.7 Å². The van der Waals surface area contributed by atoms with Crippen molar-refractivity contribution in [1.82, 2.24) is 0 Å². The first kappa shape index (κ1) is 18.2. The number of hydrogen-bond donors (Lipinski definition) is 2. The zero-order valence-electron chi connectivity index (χ0n) is 13.8. The van der Waals surface area contributed by atoms with Crippen molar-refractivity contribution < 1.29 is 13.2 Å². The van der Waals surface area contributed by atoms with Gasteiger partial charge in [-0.3, -0.25) is 4.79 Å². The van der Waals surface area contributed by atoms with Crippen LogP contribution in [0.2, 0.25) is 0 Å². The van der Waals surface area contributed by atoms with Gasteiger partial charge in [0.1, 0.15) is 0 Å². The molecule has 3 N–H and O–H groups in total. The average Bonchev–Trinajstić information content (AvgIpc) is 2.54. The van der Waals surface area contributed by atoms with E-state index in [2.05, 4.69) is 12.2 Å². The molecule has 0 aromatic heterocycles. The van der Waals surface area contributed by atoms with Crippen LogP contribution in [0.5, 0.6) is 0 Å². The van der Waals surface area contributed by atoms with Crippen LogP contribution in [0.15, 0.2) is 48.5 Å². The summed E-state index contributed by atoms with van der Waals surface area (Å²) in [6.45, 7) is 3.94. The molecule has 0 aliphatic heterocycles. The minimum atomic E-state index is -3.56. The molecule has 0 radical (unpaired) electrons. The number of amides is 1. The third kappa shape index (κ3) is 5.18. The maximum atomic E-state index is 12.4. The van der Waals surface area contributed by atoms with E-state index >= 15 is 0 Å². The van der Waals surface area contributed by atoms with E-state index in [-0.39, 0.29) is 17.6 Å². The maximum Gasteiger partial charge on any atom is 0.231 e. The first-order valence-corrected chi connectivity index (χ1v) is 9.49. The Labute approximate surface area is 142 Å². The highest BCUT2D eigenvalue weighted by Gasteiger charge is 2.15. The number of carbonyl (C=O) groups is 1. The number of primary sulfonamides is 1. The third-order valence-corrected chi connectivity index (χ3v) is 4.61. The number of aryl methyl sites for hydroxylation is 1. The molecule has 0 heterocycles. The number of nitrogens with one attached hydrogen (secondary N) is 1. The summed E-state index contributed by atoms with van der Waals surface area (Å²) >= 11 is 0. The number of nitrogens with two attached hydrogens (primary N) is 1. The van der Waals surface area contributed by atoms with Crippen LogP contribution in [0.4, 0.5) is 5.69 Å². The lowest BCUT2D eigenvalue weighted by Crippen LogP contribution is -2.19. The Bertz CT molecular complexity index is 797. The Kier molecular flexibility index (Phi) is 5.75. The molecule has 0 saturated carbocycles. The van der Waals surface area contributed by atoms with Crippen LogP contribution >= 0.6 is 0 Å². The van der Waals surface area contributed by atoms with Crippen molar-refractivity contribution in [3.8, 4) is 0 Å². The highest BCUT2D eigenvalue weighted by atomic mass is 32.2. The van der Waals surface area contributed by atoms with Gasteiger partial charge in [-0.05, 0) is 42.2 Å². The van der Waals surface area contributed by atoms with Crippen molar-refractivity contribution in [3.05, 3.63) is 65.2 Å². The van der Waals surface area contributed by atoms with Crippen molar-refractivity contribution >= 4 is 21.6 Å². The minimum absolute atomic E-state index is 0.113. The standard InChI is InChI=1S/C18H22N2O3S/c1-3-14-4-8-16(9-5-14)13(2)18(21)20-17-10-6-15(7-11-17)12-24(19,22)23/h4-11,13H,3,12H2,1-2H3,(H,20,21)(H2,19,22,23). The van der Waals surface area contributed by atoms with Gasteiger partial charge in [-0.15, -0.1) is 0 Å². The van der Waals surface area contributed by atoms with E-state index in [1.165, 1.54) is 5.56 Å². The van der Waals surface area contributed by atoms with Crippen LogP contribution in [0.3, 0.4) is 0 Å². The number of carbonyl (C=O) groups excluding carboxylic acids is 1. The second-order valence-electron chi connectivity index (χ2n) is 5.81. The molecular formula is C18H22N2O3S. The first-order chi connectivity index (χ1) is 11.3. The fraction of sp³-hybridized carbons (Fsp3) is 0.278. The van der Waals surface area contributed by atoms with Crippen LogP contribution in [0.1, 0.15) is 36.5 Å². The van der Waals surface area contributed by atoms with Gasteiger partial charge < -0.3 is 5.32 Å². The van der Waals surface area contributed by atoms with Crippen molar-refractivity contribution in [2.75, 3.05) is 5.32 Å². The quantitative estimate of drug-likeness (QED) is 0.843. The topological polar surface area (TPSA) is 89.3 Å². The molecule has 2 rings (SSSR count). The summed E-state index contributed by atoms with van der Waals surface area (Å²) in [6.07, 6.45) is 0.964. The van der Waals surface area contributed by atoms with E-state index < -0.39 is 10.0 Å². The second kappa shape index (κ2) is 7.59. The molecule has 2 aromatic carbocycles. The monoisotopic (exact) mass is 346 g/mol. The zero-order chi connectivity index (χ0) is 17.7. The molecule has 24 heavy (non-hydrogen) atoms. The number of sulfonamides is 1. The molecule has 2 aromatic rings. The molecule has 0 aliphatic rings. The summed E-state index contributed by atoms with van der Waals surface area (Å²) in [5.74, 6) is -0.611. The lowest BCUT2D eigenvalue weighted by Gasteiger charge is -2.13. The number of hydrogen-bond acceptors (Lipinski definition) is 3. The van der Waals surface area contributed by atoms with E-state index in [9.17, 15) is 13.2 Å². The van der Waals surface area contributed by atoms with E-state index in [0.29, 0.717) is 11.3 Å². The van der Waals surface area contributed by atoms with Gasteiger partial charge in [-0.2, -0.15) is 0 Å². The zero-order valence-corrected chi connectivity index (χ0v) is 14.6. The lowest BCUT2D eigenvalue weighted by molar-refractivity contribution is -0.117. The first-order valence-electron chi connectivity index (χ1n) is 7.77. The fourth-order valence-corrected chi connectivity index (χ4v) is 3.02. The molecule has 1 unspecified atom stereocenters. The Hall–Kier alpha value is -2.18. The van der Waals surface area contributed by atoms with Crippen LogP contribution in [-0.4, -0.2) is 14.3 Å². The second-order valence-corrected chi connectivity index (χ2v) is 7.42. The molecule has 0 aliphatic carbocycles. The molecule has 128 valence electrons. The van der Waals surface area contributed by atoms with Gasteiger partial charge in [0.15, 0.2) is 0 Å².